The zero-order valence-electron chi connectivity index (χ0n) is 20.5. The first kappa shape index (κ1) is 31.3. The highest BCUT2D eigenvalue weighted by atomic mass is 16.4. The summed E-state index contributed by atoms with van der Waals surface area (Å²) in [6.45, 7) is 7.74. The van der Waals surface area contributed by atoms with Crippen LogP contribution in [0.25, 0.3) is 0 Å². The molecule has 0 saturated carbocycles. The third-order valence-corrected chi connectivity index (χ3v) is 4.97. The maximum absolute atomic E-state index is 13.0. The van der Waals surface area contributed by atoms with Crippen LogP contribution in [0.5, 0.6) is 0 Å². The lowest BCUT2D eigenvalue weighted by atomic mass is 9.99. The van der Waals surface area contributed by atoms with Gasteiger partial charge in [-0.3, -0.25) is 19.2 Å². The molecule has 3 amide bonds. The molecule has 0 bridgehead atoms. The van der Waals surface area contributed by atoms with Crippen molar-refractivity contribution < 1.29 is 34.2 Å². The van der Waals surface area contributed by atoms with Gasteiger partial charge in [-0.15, -0.1) is 0 Å². The monoisotopic (exact) mass is 487 g/mol. The largest absolute Gasteiger partial charge is 0.481 e. The number of carboxylic acids is 2. The van der Waals surface area contributed by atoms with Crippen molar-refractivity contribution in [3.63, 3.8) is 0 Å². The van der Waals surface area contributed by atoms with Crippen molar-refractivity contribution in [3.8, 4) is 0 Å². The van der Waals surface area contributed by atoms with Crippen molar-refractivity contribution in [1.29, 1.82) is 0 Å². The Hall–Kier alpha value is -2.73. The van der Waals surface area contributed by atoms with Crippen LogP contribution in [-0.4, -0.2) is 70.6 Å². The fraction of sp³-hybridized carbons (Fsp3) is 0.773. The van der Waals surface area contributed by atoms with Crippen molar-refractivity contribution >= 4 is 29.7 Å². The number of nitrogens with one attached hydrogen (secondary N) is 3. The third-order valence-electron chi connectivity index (χ3n) is 4.97. The number of hydrogen-bond donors (Lipinski definition) is 7. The molecule has 0 spiro atoms. The highest BCUT2D eigenvalue weighted by molar-refractivity contribution is 5.94. The molecule has 12 nitrogen and oxygen atoms in total. The Balaban J connectivity index is 5.52. The van der Waals surface area contributed by atoms with Crippen LogP contribution in [0.3, 0.4) is 0 Å². The van der Waals surface area contributed by atoms with Gasteiger partial charge in [-0.2, -0.15) is 0 Å². The molecule has 0 aliphatic rings. The van der Waals surface area contributed by atoms with E-state index in [1.54, 1.807) is 0 Å². The van der Waals surface area contributed by atoms with Gasteiger partial charge in [-0.1, -0.05) is 27.7 Å². The van der Waals surface area contributed by atoms with E-state index in [1.807, 2.05) is 27.7 Å². The minimum Gasteiger partial charge on any atom is -0.481 e. The predicted octanol–water partition coefficient (Wildman–Crippen LogP) is -0.451. The van der Waals surface area contributed by atoms with Crippen molar-refractivity contribution in [2.75, 3.05) is 6.54 Å². The second-order valence-electron chi connectivity index (χ2n) is 9.27. The summed E-state index contributed by atoms with van der Waals surface area (Å²) in [6.07, 6.45) is 1.16. The van der Waals surface area contributed by atoms with E-state index in [4.69, 9.17) is 16.6 Å². The molecule has 0 aromatic heterocycles. The Bertz CT molecular complexity index is 699. The number of nitrogens with two attached hydrogens (primary N) is 2. The SMILES string of the molecule is CC(C)CC(NC(=O)C(CC(C)C)NC(=O)C(CCCCN)NC(=O)C(N)CC(=O)O)C(=O)O. The van der Waals surface area contributed by atoms with Gasteiger partial charge in [0.25, 0.3) is 0 Å². The summed E-state index contributed by atoms with van der Waals surface area (Å²) in [5, 5.41) is 25.8. The summed E-state index contributed by atoms with van der Waals surface area (Å²) in [5.74, 6) is -4.49. The Morgan fingerprint density at radius 3 is 1.68 bits per heavy atom. The number of amides is 3. The van der Waals surface area contributed by atoms with Gasteiger partial charge in [0, 0.05) is 0 Å². The highest BCUT2D eigenvalue weighted by Gasteiger charge is 2.31. The van der Waals surface area contributed by atoms with Crippen molar-refractivity contribution in [2.24, 2.45) is 23.3 Å². The van der Waals surface area contributed by atoms with Crippen LogP contribution >= 0.6 is 0 Å². The van der Waals surface area contributed by atoms with Crippen LogP contribution in [0.2, 0.25) is 0 Å². The average Bonchev–Trinajstić information content (AvgIpc) is 2.70. The minimum absolute atomic E-state index is 0.00121. The Kier molecular flexibility index (Phi) is 14.7. The summed E-state index contributed by atoms with van der Waals surface area (Å²) in [4.78, 5) is 60.5. The number of carbonyl (C=O) groups excluding carboxylic acids is 3. The molecule has 0 heterocycles. The predicted molar refractivity (Wildman–Crippen MR) is 125 cm³/mol. The summed E-state index contributed by atoms with van der Waals surface area (Å²) < 4.78 is 0. The second kappa shape index (κ2) is 16.0. The van der Waals surface area contributed by atoms with Crippen LogP contribution < -0.4 is 27.4 Å². The zero-order chi connectivity index (χ0) is 26.4. The third kappa shape index (κ3) is 13.1. The molecule has 0 aliphatic heterocycles. The van der Waals surface area contributed by atoms with E-state index in [9.17, 15) is 29.1 Å². The number of carbonyl (C=O) groups is 5. The number of aliphatic carboxylic acids is 2. The molecule has 196 valence electrons. The Morgan fingerprint density at radius 1 is 0.735 bits per heavy atom. The number of rotatable bonds is 17. The summed E-state index contributed by atoms with van der Waals surface area (Å²) >= 11 is 0. The molecule has 0 aliphatic carbocycles. The maximum Gasteiger partial charge on any atom is 0.326 e. The maximum atomic E-state index is 13.0. The van der Waals surface area contributed by atoms with E-state index in [1.165, 1.54) is 0 Å². The molecule has 0 aromatic rings. The average molecular weight is 488 g/mol. The van der Waals surface area contributed by atoms with E-state index in [-0.39, 0.29) is 31.1 Å². The summed E-state index contributed by atoms with van der Waals surface area (Å²) in [7, 11) is 0. The molecular formula is C22H41N5O7. The van der Waals surface area contributed by atoms with Crippen LogP contribution in [0.4, 0.5) is 0 Å². The topological polar surface area (TPSA) is 214 Å². The van der Waals surface area contributed by atoms with Crippen LogP contribution in [0.1, 0.15) is 66.2 Å². The van der Waals surface area contributed by atoms with E-state index in [0.717, 1.165) is 0 Å². The van der Waals surface area contributed by atoms with Gasteiger partial charge in [-0.05, 0) is 50.5 Å². The van der Waals surface area contributed by atoms with E-state index < -0.39 is 60.2 Å². The van der Waals surface area contributed by atoms with Crippen LogP contribution in [0, 0.1) is 11.8 Å². The van der Waals surface area contributed by atoms with Gasteiger partial charge in [0.2, 0.25) is 17.7 Å². The second-order valence-corrected chi connectivity index (χ2v) is 9.27. The fourth-order valence-corrected chi connectivity index (χ4v) is 3.26. The highest BCUT2D eigenvalue weighted by Crippen LogP contribution is 2.10. The summed E-state index contributed by atoms with van der Waals surface area (Å²) in [5.41, 5.74) is 11.1. The van der Waals surface area contributed by atoms with Crippen molar-refractivity contribution in [2.45, 2.75) is 90.4 Å². The van der Waals surface area contributed by atoms with Gasteiger partial charge in [0.15, 0.2) is 0 Å². The quantitative estimate of drug-likeness (QED) is 0.132. The Labute approximate surface area is 200 Å². The molecule has 9 N–H and O–H groups in total. The van der Waals surface area contributed by atoms with E-state index in [0.29, 0.717) is 19.4 Å². The molecule has 0 saturated heterocycles. The molecule has 4 unspecified atom stereocenters. The molecule has 0 radical (unpaired) electrons. The molecule has 34 heavy (non-hydrogen) atoms. The zero-order valence-corrected chi connectivity index (χ0v) is 20.5. The molecule has 4 atom stereocenters. The van der Waals surface area contributed by atoms with Gasteiger partial charge in [0.05, 0.1) is 12.5 Å². The van der Waals surface area contributed by atoms with E-state index >= 15 is 0 Å². The fourth-order valence-electron chi connectivity index (χ4n) is 3.26. The number of hydrogen-bond acceptors (Lipinski definition) is 7. The van der Waals surface area contributed by atoms with Crippen LogP contribution in [-0.2, 0) is 24.0 Å². The molecule has 0 aromatic carbocycles. The van der Waals surface area contributed by atoms with Gasteiger partial charge in [-0.25, -0.2) is 4.79 Å². The smallest absolute Gasteiger partial charge is 0.326 e. The molecule has 12 heteroatoms. The van der Waals surface area contributed by atoms with Crippen LogP contribution in [0.15, 0.2) is 0 Å². The standard InChI is InChI=1S/C22H41N5O7/c1-12(2)9-16(21(32)27-17(22(33)34)10-13(3)4)26-20(31)15(7-5-6-8-23)25-19(30)14(24)11-18(28)29/h12-17H,5-11,23-24H2,1-4H3,(H,25,30)(H,26,31)(H,27,32)(H,28,29)(H,33,34). The first-order chi connectivity index (χ1) is 15.8. The lowest BCUT2D eigenvalue weighted by Gasteiger charge is -2.26. The molecule has 0 fully saturated rings. The minimum atomic E-state index is -1.34. The van der Waals surface area contributed by atoms with E-state index in [2.05, 4.69) is 16.0 Å². The lowest BCUT2D eigenvalue weighted by molar-refractivity contribution is -0.143. The molecular weight excluding hydrogens is 446 g/mol. The van der Waals surface area contributed by atoms with Gasteiger partial charge >= 0.3 is 11.9 Å². The van der Waals surface area contributed by atoms with Gasteiger partial charge in [0.1, 0.15) is 18.1 Å². The normalized spacial score (nSPS) is 14.7. The van der Waals surface area contributed by atoms with Gasteiger partial charge < -0.3 is 37.6 Å². The number of carboxylic acid groups (broad SMARTS) is 2. The first-order valence-electron chi connectivity index (χ1n) is 11.6. The first-order valence-corrected chi connectivity index (χ1v) is 11.6. The van der Waals surface area contributed by atoms with Crippen molar-refractivity contribution in [3.05, 3.63) is 0 Å². The molecule has 0 rings (SSSR count). The lowest BCUT2D eigenvalue weighted by Crippen LogP contribution is -2.57. The number of unbranched alkanes of at least 4 members (excludes halogenated alkanes) is 1. The summed E-state index contributed by atoms with van der Waals surface area (Å²) in [6, 6.07) is -4.53. The Morgan fingerprint density at radius 2 is 1.21 bits per heavy atom. The van der Waals surface area contributed by atoms with Crippen molar-refractivity contribution in [1.82, 2.24) is 16.0 Å².